The average Bonchev–Trinajstić information content (AvgIpc) is 3.04. The van der Waals surface area contributed by atoms with E-state index in [9.17, 15) is 9.18 Å². The maximum absolute atomic E-state index is 13.1. The number of anilines is 2. The Labute approximate surface area is 179 Å². The van der Waals surface area contributed by atoms with Gasteiger partial charge in [-0.3, -0.25) is 0 Å². The van der Waals surface area contributed by atoms with Crippen molar-refractivity contribution in [2.45, 2.75) is 19.8 Å². The van der Waals surface area contributed by atoms with Crippen molar-refractivity contribution in [1.82, 2.24) is 14.3 Å². The van der Waals surface area contributed by atoms with Gasteiger partial charge in [-0.25, -0.2) is 14.2 Å². The zero-order valence-corrected chi connectivity index (χ0v) is 17.7. The van der Waals surface area contributed by atoms with E-state index in [2.05, 4.69) is 19.6 Å². The van der Waals surface area contributed by atoms with Crippen LogP contribution in [0.1, 0.15) is 23.4 Å². The summed E-state index contributed by atoms with van der Waals surface area (Å²) in [7, 11) is 0. The molecule has 30 heavy (non-hydrogen) atoms. The minimum atomic E-state index is -0.244. The minimum Gasteiger partial charge on any atom is -0.345 e. The lowest BCUT2D eigenvalue weighted by Crippen LogP contribution is -2.38. The van der Waals surface area contributed by atoms with E-state index in [1.807, 2.05) is 36.1 Å². The Bertz CT molecular complexity index is 1010. The van der Waals surface area contributed by atoms with Gasteiger partial charge in [0.25, 0.3) is 0 Å². The van der Waals surface area contributed by atoms with E-state index in [4.69, 9.17) is 0 Å². The number of nitrogens with one attached hydrogen (secondary N) is 1. The Balaban J connectivity index is 1.34. The molecule has 0 aliphatic carbocycles. The third-order valence-corrected chi connectivity index (χ3v) is 5.87. The predicted octanol–water partition coefficient (Wildman–Crippen LogP) is 4.32. The molecule has 0 saturated carbocycles. The molecule has 6 nitrogen and oxygen atoms in total. The van der Waals surface area contributed by atoms with E-state index >= 15 is 0 Å². The third-order valence-electron chi connectivity index (χ3n) is 5.06. The molecule has 0 unspecified atom stereocenters. The van der Waals surface area contributed by atoms with Gasteiger partial charge >= 0.3 is 6.03 Å². The van der Waals surface area contributed by atoms with Crippen LogP contribution in [0.15, 0.2) is 48.5 Å². The highest BCUT2D eigenvalue weighted by Gasteiger charge is 2.21. The minimum absolute atomic E-state index is 0.0725. The first kappa shape index (κ1) is 20.3. The molecule has 8 heteroatoms. The summed E-state index contributed by atoms with van der Waals surface area (Å²) in [5, 5.41) is 3.86. The normalized spacial score (nSPS) is 14.5. The van der Waals surface area contributed by atoms with E-state index in [1.165, 1.54) is 23.7 Å². The SMILES string of the molecule is Cc1cccc(NC(=O)N2CCCN(c3nc(Cc4ccc(F)cc4)ns3)CC2)c1. The quantitative estimate of drug-likeness (QED) is 0.676. The highest BCUT2D eigenvalue weighted by molar-refractivity contribution is 7.09. The molecule has 2 heterocycles. The molecule has 0 spiro atoms. The Morgan fingerprint density at radius 3 is 2.77 bits per heavy atom. The maximum atomic E-state index is 13.1. The van der Waals surface area contributed by atoms with Crippen LogP contribution >= 0.6 is 11.5 Å². The summed E-state index contributed by atoms with van der Waals surface area (Å²) < 4.78 is 17.5. The average molecular weight is 426 g/mol. The first-order valence-electron chi connectivity index (χ1n) is 10.0. The van der Waals surface area contributed by atoms with E-state index in [0.29, 0.717) is 26.1 Å². The van der Waals surface area contributed by atoms with Crippen molar-refractivity contribution >= 4 is 28.4 Å². The molecule has 1 aliphatic heterocycles. The van der Waals surface area contributed by atoms with E-state index in [-0.39, 0.29) is 11.8 Å². The number of benzene rings is 2. The molecule has 1 saturated heterocycles. The first-order chi connectivity index (χ1) is 14.6. The van der Waals surface area contributed by atoms with E-state index in [0.717, 1.165) is 40.7 Å². The number of nitrogens with zero attached hydrogens (tertiary/aromatic N) is 4. The standard InChI is InChI=1S/C22H24FN5OS/c1-16-4-2-5-19(14-16)24-21(29)27-10-3-11-28(13-12-27)22-25-20(26-30-22)15-17-6-8-18(23)9-7-17/h2,4-9,14H,3,10-13,15H2,1H3,(H,24,29). The van der Waals surface area contributed by atoms with Crippen LogP contribution in [0, 0.1) is 12.7 Å². The molecule has 1 aromatic heterocycles. The lowest BCUT2D eigenvalue weighted by atomic mass is 10.1. The summed E-state index contributed by atoms with van der Waals surface area (Å²) >= 11 is 1.37. The van der Waals surface area contributed by atoms with Gasteiger partial charge in [-0.2, -0.15) is 4.37 Å². The van der Waals surface area contributed by atoms with Gasteiger partial charge in [-0.05, 0) is 48.7 Å². The van der Waals surface area contributed by atoms with Crippen LogP contribution in [-0.2, 0) is 6.42 Å². The van der Waals surface area contributed by atoms with Crippen LogP contribution < -0.4 is 10.2 Å². The lowest BCUT2D eigenvalue weighted by molar-refractivity contribution is 0.215. The number of hydrogen-bond donors (Lipinski definition) is 1. The van der Waals surface area contributed by atoms with Crippen molar-refractivity contribution < 1.29 is 9.18 Å². The number of halogens is 1. The zero-order chi connectivity index (χ0) is 20.9. The van der Waals surface area contributed by atoms with Crippen molar-refractivity contribution in [1.29, 1.82) is 0 Å². The molecular formula is C22H24FN5OS. The van der Waals surface area contributed by atoms with Gasteiger partial charge in [-0.1, -0.05) is 24.3 Å². The number of amides is 2. The number of rotatable bonds is 4. The fourth-order valence-corrected chi connectivity index (χ4v) is 4.20. The van der Waals surface area contributed by atoms with Crippen molar-refractivity contribution in [2.75, 3.05) is 36.4 Å². The maximum Gasteiger partial charge on any atom is 0.321 e. The number of urea groups is 1. The number of carbonyl (C=O) groups excluding carboxylic acids is 1. The Kier molecular flexibility index (Phi) is 6.23. The molecule has 156 valence electrons. The van der Waals surface area contributed by atoms with Crippen LogP contribution in [0.3, 0.4) is 0 Å². The molecule has 0 radical (unpaired) electrons. The largest absolute Gasteiger partial charge is 0.345 e. The Hall–Kier alpha value is -3.00. The zero-order valence-electron chi connectivity index (χ0n) is 16.8. The highest BCUT2D eigenvalue weighted by Crippen LogP contribution is 2.21. The van der Waals surface area contributed by atoms with Gasteiger partial charge in [0.1, 0.15) is 11.6 Å². The fourth-order valence-electron chi connectivity index (χ4n) is 3.47. The predicted molar refractivity (Wildman–Crippen MR) is 118 cm³/mol. The topological polar surface area (TPSA) is 61.4 Å². The number of aryl methyl sites for hydroxylation is 1. The molecule has 1 N–H and O–H groups in total. The third kappa shape index (κ3) is 5.13. The van der Waals surface area contributed by atoms with E-state index < -0.39 is 0 Å². The van der Waals surface area contributed by atoms with Crippen LogP contribution in [-0.4, -0.2) is 46.5 Å². The second-order valence-corrected chi connectivity index (χ2v) is 8.15. The second-order valence-electron chi connectivity index (χ2n) is 7.42. The van der Waals surface area contributed by atoms with Crippen molar-refractivity contribution in [2.24, 2.45) is 0 Å². The molecule has 4 rings (SSSR count). The van der Waals surface area contributed by atoms with Crippen molar-refractivity contribution in [3.8, 4) is 0 Å². The lowest BCUT2D eigenvalue weighted by Gasteiger charge is -2.22. The summed E-state index contributed by atoms with van der Waals surface area (Å²) in [5.41, 5.74) is 2.91. The van der Waals surface area contributed by atoms with Crippen LogP contribution in [0.5, 0.6) is 0 Å². The molecule has 2 aromatic carbocycles. The number of aromatic nitrogens is 2. The monoisotopic (exact) mass is 425 g/mol. The summed E-state index contributed by atoms with van der Waals surface area (Å²) in [5.74, 6) is 0.492. The number of carbonyl (C=O) groups is 1. The molecule has 3 aromatic rings. The smallest absolute Gasteiger partial charge is 0.321 e. The summed E-state index contributed by atoms with van der Waals surface area (Å²) in [6, 6.07) is 14.2. The van der Waals surface area contributed by atoms with Gasteiger partial charge in [0, 0.05) is 49.8 Å². The summed E-state index contributed by atoms with van der Waals surface area (Å²) in [6.07, 6.45) is 1.45. The molecule has 0 bridgehead atoms. The second kappa shape index (κ2) is 9.21. The summed E-state index contributed by atoms with van der Waals surface area (Å²) in [4.78, 5) is 21.3. The number of hydrogen-bond acceptors (Lipinski definition) is 5. The molecule has 1 fully saturated rings. The highest BCUT2D eigenvalue weighted by atomic mass is 32.1. The Morgan fingerprint density at radius 2 is 1.97 bits per heavy atom. The van der Waals surface area contributed by atoms with Crippen LogP contribution in [0.4, 0.5) is 20.0 Å². The first-order valence-corrected chi connectivity index (χ1v) is 10.8. The van der Waals surface area contributed by atoms with Gasteiger partial charge < -0.3 is 15.1 Å². The fraction of sp³-hybridized carbons (Fsp3) is 0.318. The molecular weight excluding hydrogens is 401 g/mol. The van der Waals surface area contributed by atoms with Crippen LogP contribution in [0.25, 0.3) is 0 Å². The van der Waals surface area contributed by atoms with E-state index in [1.54, 1.807) is 12.1 Å². The van der Waals surface area contributed by atoms with Gasteiger partial charge in [0.15, 0.2) is 0 Å². The van der Waals surface area contributed by atoms with Gasteiger partial charge in [0.05, 0.1) is 0 Å². The van der Waals surface area contributed by atoms with Crippen molar-refractivity contribution in [3.05, 3.63) is 71.3 Å². The van der Waals surface area contributed by atoms with Crippen LogP contribution in [0.2, 0.25) is 0 Å². The van der Waals surface area contributed by atoms with Gasteiger partial charge in [-0.15, -0.1) is 0 Å². The molecule has 1 aliphatic rings. The van der Waals surface area contributed by atoms with Gasteiger partial charge in [0.2, 0.25) is 5.13 Å². The van der Waals surface area contributed by atoms with Crippen molar-refractivity contribution in [3.63, 3.8) is 0 Å². The molecule has 0 atom stereocenters. The molecule has 2 amide bonds. The summed E-state index contributed by atoms with van der Waals surface area (Å²) in [6.45, 7) is 4.89. The Morgan fingerprint density at radius 1 is 1.13 bits per heavy atom.